The van der Waals surface area contributed by atoms with Crippen LogP contribution in [-0.4, -0.2) is 26.6 Å². The first-order valence-electron chi connectivity index (χ1n) is 3.99. The van der Waals surface area contributed by atoms with Crippen LogP contribution in [0.2, 0.25) is 0 Å². The minimum Gasteiger partial charge on any atom is -0.384 e. The number of aromatic nitrogens is 3. The van der Waals surface area contributed by atoms with Gasteiger partial charge in [-0.1, -0.05) is 0 Å². The zero-order valence-corrected chi connectivity index (χ0v) is 6.94. The third-order valence-electron chi connectivity index (χ3n) is 1.84. The molecule has 0 aliphatic rings. The number of nitrogens with zero attached hydrogens (tertiary/aromatic N) is 2. The lowest BCUT2D eigenvalue weighted by atomic mass is 10.3. The van der Waals surface area contributed by atoms with E-state index in [2.05, 4.69) is 15.0 Å². The van der Waals surface area contributed by atoms with Crippen molar-refractivity contribution in [2.75, 3.05) is 6.54 Å². The molecule has 13 heavy (non-hydrogen) atoms. The molecule has 2 aromatic heterocycles. The first kappa shape index (κ1) is 8.15. The first-order chi connectivity index (χ1) is 6.31. The number of rotatable bonds is 2. The zero-order valence-electron chi connectivity index (χ0n) is 6.94. The van der Waals surface area contributed by atoms with E-state index in [4.69, 9.17) is 5.73 Å². The lowest BCUT2D eigenvalue weighted by Gasteiger charge is -2.00. The molecule has 0 saturated carbocycles. The van der Waals surface area contributed by atoms with E-state index in [9.17, 15) is 5.11 Å². The molecule has 2 aromatic rings. The fourth-order valence-electron chi connectivity index (χ4n) is 1.15. The van der Waals surface area contributed by atoms with Crippen LogP contribution in [0.1, 0.15) is 11.9 Å². The highest BCUT2D eigenvalue weighted by Gasteiger charge is 2.09. The van der Waals surface area contributed by atoms with Gasteiger partial charge in [-0.2, -0.15) is 0 Å². The number of imidazole rings is 1. The van der Waals surface area contributed by atoms with Gasteiger partial charge in [-0.3, -0.25) is 4.98 Å². The molecule has 0 aromatic carbocycles. The molecule has 68 valence electrons. The maximum Gasteiger partial charge on any atom is 0.137 e. The van der Waals surface area contributed by atoms with Crippen LogP contribution in [0.15, 0.2) is 18.5 Å². The number of nitrogens with one attached hydrogen (secondary N) is 1. The molecule has 0 aliphatic carbocycles. The lowest BCUT2D eigenvalue weighted by molar-refractivity contribution is 0.178. The summed E-state index contributed by atoms with van der Waals surface area (Å²) in [5.74, 6) is 0.491. The first-order valence-corrected chi connectivity index (χ1v) is 3.99. The van der Waals surface area contributed by atoms with Gasteiger partial charge >= 0.3 is 0 Å². The van der Waals surface area contributed by atoms with Crippen LogP contribution >= 0.6 is 0 Å². The monoisotopic (exact) mass is 178 g/mol. The van der Waals surface area contributed by atoms with Crippen LogP contribution in [0.3, 0.4) is 0 Å². The standard InChI is InChI=1S/C8H10N4O/c9-3-7(13)8-11-5-1-2-10-4-6(5)12-8/h1-2,4,7,13H,3,9H2,(H,11,12). The van der Waals surface area contributed by atoms with Crippen molar-refractivity contribution in [2.24, 2.45) is 5.73 Å². The van der Waals surface area contributed by atoms with Gasteiger partial charge in [0.15, 0.2) is 0 Å². The van der Waals surface area contributed by atoms with E-state index in [1.54, 1.807) is 18.5 Å². The SMILES string of the molecule is NCC(O)c1nc2ccncc2[nH]1. The van der Waals surface area contributed by atoms with Gasteiger partial charge in [0, 0.05) is 12.7 Å². The highest BCUT2D eigenvalue weighted by atomic mass is 16.3. The molecule has 0 aliphatic heterocycles. The van der Waals surface area contributed by atoms with E-state index in [1.165, 1.54) is 0 Å². The maximum atomic E-state index is 9.39. The molecule has 0 amide bonds. The predicted octanol–water partition coefficient (Wildman–Crippen LogP) is -0.0500. The smallest absolute Gasteiger partial charge is 0.137 e. The number of pyridine rings is 1. The number of aliphatic hydroxyl groups excluding tert-OH is 1. The van der Waals surface area contributed by atoms with E-state index >= 15 is 0 Å². The van der Waals surface area contributed by atoms with E-state index in [-0.39, 0.29) is 6.54 Å². The number of H-pyrrole nitrogens is 1. The van der Waals surface area contributed by atoms with Crippen molar-refractivity contribution in [3.63, 3.8) is 0 Å². The van der Waals surface area contributed by atoms with E-state index in [1.807, 2.05) is 0 Å². The molecule has 4 N–H and O–H groups in total. The number of hydrogen-bond acceptors (Lipinski definition) is 4. The third kappa shape index (κ3) is 1.39. The van der Waals surface area contributed by atoms with Gasteiger partial charge in [-0.25, -0.2) is 4.98 Å². The highest BCUT2D eigenvalue weighted by molar-refractivity contribution is 5.73. The molecule has 0 bridgehead atoms. The maximum absolute atomic E-state index is 9.39. The van der Waals surface area contributed by atoms with Crippen LogP contribution in [0, 0.1) is 0 Å². The Bertz CT molecular complexity index is 378. The second-order valence-electron chi connectivity index (χ2n) is 2.77. The van der Waals surface area contributed by atoms with Crippen LogP contribution in [-0.2, 0) is 0 Å². The second kappa shape index (κ2) is 3.12. The van der Waals surface area contributed by atoms with Gasteiger partial charge in [-0.05, 0) is 6.07 Å². The topological polar surface area (TPSA) is 87.8 Å². The molecule has 1 atom stereocenters. The van der Waals surface area contributed by atoms with Gasteiger partial charge in [0.25, 0.3) is 0 Å². The van der Waals surface area contributed by atoms with Crippen molar-refractivity contribution in [2.45, 2.75) is 6.10 Å². The molecule has 0 radical (unpaired) electrons. The van der Waals surface area contributed by atoms with Crippen molar-refractivity contribution in [1.82, 2.24) is 15.0 Å². The Balaban J connectivity index is 2.49. The van der Waals surface area contributed by atoms with Crippen LogP contribution in [0.5, 0.6) is 0 Å². The summed E-state index contributed by atoms with van der Waals surface area (Å²) < 4.78 is 0. The highest BCUT2D eigenvalue weighted by Crippen LogP contribution is 2.13. The molecule has 2 rings (SSSR count). The van der Waals surface area contributed by atoms with Crippen molar-refractivity contribution >= 4 is 11.0 Å². The number of fused-ring (bicyclic) bond motifs is 1. The van der Waals surface area contributed by atoms with Crippen molar-refractivity contribution in [3.05, 3.63) is 24.3 Å². The van der Waals surface area contributed by atoms with Gasteiger partial charge in [0.1, 0.15) is 11.9 Å². The predicted molar refractivity (Wildman–Crippen MR) is 47.9 cm³/mol. The molecular weight excluding hydrogens is 168 g/mol. The van der Waals surface area contributed by atoms with Gasteiger partial charge in [0.05, 0.1) is 17.2 Å². The second-order valence-corrected chi connectivity index (χ2v) is 2.77. The van der Waals surface area contributed by atoms with Gasteiger partial charge < -0.3 is 15.8 Å². The molecular formula is C8H10N4O. The Hall–Kier alpha value is -1.46. The normalized spacial score (nSPS) is 13.4. The molecule has 0 saturated heterocycles. The Morgan fingerprint density at radius 3 is 3.15 bits per heavy atom. The lowest BCUT2D eigenvalue weighted by Crippen LogP contribution is -2.12. The summed E-state index contributed by atoms with van der Waals surface area (Å²) in [6.45, 7) is 0.160. The number of nitrogens with two attached hydrogens (primary N) is 1. The van der Waals surface area contributed by atoms with Crippen molar-refractivity contribution < 1.29 is 5.11 Å². The summed E-state index contributed by atoms with van der Waals surface area (Å²) in [5, 5.41) is 9.39. The van der Waals surface area contributed by atoms with Gasteiger partial charge in [0.2, 0.25) is 0 Å². The van der Waals surface area contributed by atoms with E-state index in [0.29, 0.717) is 5.82 Å². The van der Waals surface area contributed by atoms with Crippen molar-refractivity contribution in [1.29, 1.82) is 0 Å². The average Bonchev–Trinajstić information content (AvgIpc) is 2.59. The van der Waals surface area contributed by atoms with E-state index < -0.39 is 6.10 Å². The molecule has 1 unspecified atom stereocenters. The van der Waals surface area contributed by atoms with Crippen LogP contribution < -0.4 is 5.73 Å². The van der Waals surface area contributed by atoms with Crippen molar-refractivity contribution in [3.8, 4) is 0 Å². The quantitative estimate of drug-likeness (QED) is 0.601. The average molecular weight is 178 g/mol. The molecule has 5 nitrogen and oxygen atoms in total. The van der Waals surface area contributed by atoms with Gasteiger partial charge in [-0.15, -0.1) is 0 Å². The summed E-state index contributed by atoms with van der Waals surface area (Å²) >= 11 is 0. The zero-order chi connectivity index (χ0) is 9.26. The molecule has 0 spiro atoms. The molecule has 5 heteroatoms. The summed E-state index contributed by atoms with van der Waals surface area (Å²) in [6.07, 6.45) is 2.59. The Morgan fingerprint density at radius 2 is 2.46 bits per heavy atom. The summed E-state index contributed by atoms with van der Waals surface area (Å²) in [6, 6.07) is 1.78. The minimum absolute atomic E-state index is 0.160. The van der Waals surface area contributed by atoms with Crippen LogP contribution in [0.4, 0.5) is 0 Å². The fourth-order valence-corrected chi connectivity index (χ4v) is 1.15. The Kier molecular flexibility index (Phi) is 1.96. The number of aliphatic hydroxyl groups is 1. The Morgan fingerprint density at radius 1 is 1.62 bits per heavy atom. The Labute approximate surface area is 74.6 Å². The summed E-state index contributed by atoms with van der Waals surface area (Å²) in [4.78, 5) is 11.0. The summed E-state index contributed by atoms with van der Waals surface area (Å²) in [5.41, 5.74) is 6.90. The number of aromatic amines is 1. The number of hydrogen-bond donors (Lipinski definition) is 3. The van der Waals surface area contributed by atoms with E-state index in [0.717, 1.165) is 11.0 Å². The summed E-state index contributed by atoms with van der Waals surface area (Å²) in [7, 11) is 0. The fraction of sp³-hybridized carbons (Fsp3) is 0.250. The largest absolute Gasteiger partial charge is 0.384 e. The van der Waals surface area contributed by atoms with Crippen LogP contribution in [0.25, 0.3) is 11.0 Å². The third-order valence-corrected chi connectivity index (χ3v) is 1.84. The molecule has 0 fully saturated rings. The minimum atomic E-state index is -0.729. The molecule has 2 heterocycles.